The molecule has 0 saturated carbocycles. The summed E-state index contributed by atoms with van der Waals surface area (Å²) in [6.45, 7) is 0. The predicted molar refractivity (Wildman–Crippen MR) is 64.9 cm³/mol. The summed E-state index contributed by atoms with van der Waals surface area (Å²) in [6.07, 6.45) is 12.3. The van der Waals surface area contributed by atoms with E-state index in [2.05, 4.69) is 29.2 Å². The van der Waals surface area contributed by atoms with E-state index in [1.807, 2.05) is 43.6 Å². The third-order valence-electron chi connectivity index (χ3n) is 3.00. The molecule has 0 fully saturated rings. The molecule has 3 rings (SSSR count). The second kappa shape index (κ2) is 3.27. The monoisotopic (exact) mass is 211 g/mol. The highest BCUT2D eigenvalue weighted by Crippen LogP contribution is 2.34. The van der Waals surface area contributed by atoms with Crippen LogP contribution in [0, 0.1) is 0 Å². The highest BCUT2D eigenvalue weighted by molar-refractivity contribution is 5.61. The number of likely N-dealkylation sites (N-methyl/N-ethyl adjacent to an activating group) is 1. The summed E-state index contributed by atoms with van der Waals surface area (Å²) in [6, 6.07) is 8.07. The molecule has 0 N–H and O–H groups in total. The molecule has 0 aromatic heterocycles. The Morgan fingerprint density at radius 3 is 2.88 bits per heavy atom. The van der Waals surface area contributed by atoms with Crippen molar-refractivity contribution in [1.82, 2.24) is 4.90 Å². The minimum Gasteiger partial charge on any atom is -0.460 e. The van der Waals surface area contributed by atoms with Crippen molar-refractivity contribution in [3.63, 3.8) is 0 Å². The zero-order chi connectivity index (χ0) is 11.0. The van der Waals surface area contributed by atoms with Crippen LogP contribution in [0.15, 0.2) is 54.8 Å². The summed E-state index contributed by atoms with van der Waals surface area (Å²) in [4.78, 5) is 2.06. The van der Waals surface area contributed by atoms with E-state index in [1.54, 1.807) is 0 Å². The molecule has 0 saturated heterocycles. The van der Waals surface area contributed by atoms with E-state index in [-0.39, 0.29) is 0 Å². The number of benzene rings is 1. The summed E-state index contributed by atoms with van der Waals surface area (Å²) >= 11 is 0. The summed E-state index contributed by atoms with van der Waals surface area (Å²) in [7, 11) is 2.01. The summed E-state index contributed by atoms with van der Waals surface area (Å²) < 4.78 is 6.07. The number of ether oxygens (including phenoxy) is 1. The van der Waals surface area contributed by atoms with Gasteiger partial charge in [-0.1, -0.05) is 24.3 Å². The fourth-order valence-electron chi connectivity index (χ4n) is 2.02. The Morgan fingerprint density at radius 1 is 1.12 bits per heavy atom. The fourth-order valence-corrected chi connectivity index (χ4v) is 2.02. The molecule has 1 spiro atoms. The van der Waals surface area contributed by atoms with E-state index in [0.29, 0.717) is 0 Å². The van der Waals surface area contributed by atoms with Crippen molar-refractivity contribution in [1.29, 1.82) is 0 Å². The van der Waals surface area contributed by atoms with Gasteiger partial charge >= 0.3 is 0 Å². The highest BCUT2D eigenvalue weighted by Gasteiger charge is 2.33. The number of nitrogens with zero attached hydrogens (tertiary/aromatic N) is 1. The molecule has 0 amide bonds. The minimum absolute atomic E-state index is 0.455. The van der Waals surface area contributed by atoms with E-state index in [1.165, 1.54) is 0 Å². The zero-order valence-corrected chi connectivity index (χ0v) is 9.13. The van der Waals surface area contributed by atoms with E-state index in [0.717, 1.165) is 11.3 Å². The first-order valence-corrected chi connectivity index (χ1v) is 5.36. The molecule has 1 unspecified atom stereocenters. The largest absolute Gasteiger partial charge is 0.460 e. The Hall–Kier alpha value is -1.96. The molecular weight excluding hydrogens is 198 g/mol. The van der Waals surface area contributed by atoms with Crippen LogP contribution in [0.4, 0.5) is 0 Å². The highest BCUT2D eigenvalue weighted by atomic mass is 16.5. The van der Waals surface area contributed by atoms with Gasteiger partial charge in [-0.25, -0.2) is 0 Å². The lowest BCUT2D eigenvalue weighted by Gasteiger charge is -2.40. The number of allylic oxidation sites excluding steroid dienone is 2. The Labute approximate surface area is 95.1 Å². The van der Waals surface area contributed by atoms with Crippen LogP contribution in [-0.4, -0.2) is 17.7 Å². The molecule has 2 aliphatic rings. The van der Waals surface area contributed by atoms with Gasteiger partial charge in [-0.05, 0) is 30.4 Å². The molecule has 2 heteroatoms. The molecule has 0 radical (unpaired) electrons. The van der Waals surface area contributed by atoms with Crippen LogP contribution in [0.3, 0.4) is 0 Å². The lowest BCUT2D eigenvalue weighted by atomic mass is 10.0. The zero-order valence-electron chi connectivity index (χ0n) is 9.13. The van der Waals surface area contributed by atoms with Crippen LogP contribution >= 0.6 is 0 Å². The second-order valence-corrected chi connectivity index (χ2v) is 4.04. The van der Waals surface area contributed by atoms with Crippen LogP contribution < -0.4 is 4.74 Å². The van der Waals surface area contributed by atoms with Gasteiger partial charge in [0.2, 0.25) is 5.72 Å². The van der Waals surface area contributed by atoms with E-state index in [9.17, 15) is 0 Å². The van der Waals surface area contributed by atoms with Crippen molar-refractivity contribution in [3.8, 4) is 5.75 Å². The Kier molecular flexibility index (Phi) is 1.90. The molecular formula is C14H13NO. The van der Waals surface area contributed by atoms with Gasteiger partial charge in [-0.3, -0.25) is 0 Å². The SMILES string of the molecule is CN1C=CC=CC12C=Cc1ccccc1O2. The van der Waals surface area contributed by atoms with Gasteiger partial charge in [0.25, 0.3) is 0 Å². The molecule has 80 valence electrons. The van der Waals surface area contributed by atoms with Crippen LogP contribution in [0.5, 0.6) is 5.75 Å². The molecule has 1 aromatic rings. The number of hydrogen-bond donors (Lipinski definition) is 0. The van der Waals surface area contributed by atoms with Crippen molar-refractivity contribution >= 4 is 6.08 Å². The lowest BCUT2D eigenvalue weighted by Crippen LogP contribution is -2.47. The standard InChI is InChI=1S/C14H13NO/c1-15-11-5-4-9-14(15)10-8-12-6-2-3-7-13(12)16-14/h2-11H,1H3. The van der Waals surface area contributed by atoms with Gasteiger partial charge in [0.1, 0.15) is 5.75 Å². The van der Waals surface area contributed by atoms with Crippen LogP contribution in [0.1, 0.15) is 5.56 Å². The van der Waals surface area contributed by atoms with Crippen LogP contribution in [0.25, 0.3) is 6.08 Å². The van der Waals surface area contributed by atoms with Crippen molar-refractivity contribution in [2.45, 2.75) is 5.72 Å². The molecule has 2 heterocycles. The number of para-hydroxylation sites is 1. The van der Waals surface area contributed by atoms with Gasteiger partial charge in [0, 0.05) is 18.8 Å². The Balaban J connectivity index is 2.05. The summed E-state index contributed by atoms with van der Waals surface area (Å²) in [5, 5.41) is 0. The molecule has 2 aliphatic heterocycles. The number of hydrogen-bond acceptors (Lipinski definition) is 2. The van der Waals surface area contributed by atoms with E-state index >= 15 is 0 Å². The van der Waals surface area contributed by atoms with Crippen molar-refractivity contribution in [2.24, 2.45) is 0 Å². The van der Waals surface area contributed by atoms with E-state index in [4.69, 9.17) is 4.74 Å². The van der Waals surface area contributed by atoms with Gasteiger partial charge in [-0.15, -0.1) is 0 Å². The van der Waals surface area contributed by atoms with Gasteiger partial charge in [-0.2, -0.15) is 0 Å². The van der Waals surface area contributed by atoms with Crippen LogP contribution in [-0.2, 0) is 0 Å². The molecule has 1 aromatic carbocycles. The number of fused-ring (bicyclic) bond motifs is 1. The Morgan fingerprint density at radius 2 is 2.00 bits per heavy atom. The van der Waals surface area contributed by atoms with Crippen molar-refractivity contribution < 1.29 is 4.74 Å². The van der Waals surface area contributed by atoms with E-state index < -0.39 is 5.72 Å². The summed E-state index contributed by atoms with van der Waals surface area (Å²) in [5.74, 6) is 0.928. The van der Waals surface area contributed by atoms with Gasteiger partial charge in [0.15, 0.2) is 0 Å². The first kappa shape index (κ1) is 9.28. The average Bonchev–Trinajstić information content (AvgIpc) is 2.33. The third kappa shape index (κ3) is 1.27. The summed E-state index contributed by atoms with van der Waals surface area (Å²) in [5.41, 5.74) is 0.674. The Bertz CT molecular complexity index is 501. The van der Waals surface area contributed by atoms with Crippen LogP contribution in [0.2, 0.25) is 0 Å². The molecule has 16 heavy (non-hydrogen) atoms. The van der Waals surface area contributed by atoms with Crippen molar-refractivity contribution in [2.75, 3.05) is 7.05 Å². The van der Waals surface area contributed by atoms with Gasteiger partial charge in [0.05, 0.1) is 0 Å². The molecule has 0 bridgehead atoms. The topological polar surface area (TPSA) is 12.5 Å². The maximum Gasteiger partial charge on any atom is 0.222 e. The fraction of sp³-hybridized carbons (Fsp3) is 0.143. The maximum atomic E-state index is 6.07. The molecule has 0 aliphatic carbocycles. The quantitative estimate of drug-likeness (QED) is 0.654. The minimum atomic E-state index is -0.455. The lowest BCUT2D eigenvalue weighted by molar-refractivity contribution is 0.0426. The molecule has 1 atom stereocenters. The normalized spacial score (nSPS) is 25.7. The van der Waals surface area contributed by atoms with Crippen molar-refractivity contribution in [3.05, 3.63) is 60.3 Å². The van der Waals surface area contributed by atoms with Gasteiger partial charge < -0.3 is 9.64 Å². The maximum absolute atomic E-state index is 6.07. The first-order valence-electron chi connectivity index (χ1n) is 5.36. The number of rotatable bonds is 0. The second-order valence-electron chi connectivity index (χ2n) is 4.04. The molecule has 2 nitrogen and oxygen atoms in total. The smallest absolute Gasteiger partial charge is 0.222 e. The average molecular weight is 211 g/mol. The first-order chi connectivity index (χ1) is 7.80. The predicted octanol–water partition coefficient (Wildman–Crippen LogP) is 2.80. The third-order valence-corrected chi connectivity index (χ3v) is 3.00.